The van der Waals surface area contributed by atoms with Crippen molar-refractivity contribution in [1.82, 2.24) is 9.38 Å². The number of hydrogen-bond donors (Lipinski definition) is 0. The molecule has 1 aromatic carbocycles. The molecular formula is C19H21N3S. The number of hydrogen-bond acceptors (Lipinski definition) is 3. The van der Waals surface area contributed by atoms with Gasteiger partial charge in [-0.3, -0.25) is 4.40 Å². The van der Waals surface area contributed by atoms with Crippen LogP contribution in [0.4, 0.5) is 5.69 Å². The first kappa shape index (κ1) is 13.6. The van der Waals surface area contributed by atoms with Gasteiger partial charge in [0.1, 0.15) is 0 Å². The second-order valence-corrected chi connectivity index (χ2v) is 7.90. The normalized spacial score (nSPS) is 19.6. The average molecular weight is 323 g/mol. The summed E-state index contributed by atoms with van der Waals surface area (Å²) in [4.78, 5) is 9.96. The number of aromatic nitrogens is 2. The number of imidazole rings is 1. The molecule has 118 valence electrons. The molecule has 0 saturated heterocycles. The fourth-order valence-corrected chi connectivity index (χ4v) is 5.93. The van der Waals surface area contributed by atoms with Gasteiger partial charge in [0.05, 0.1) is 22.7 Å². The van der Waals surface area contributed by atoms with E-state index in [0.29, 0.717) is 0 Å². The lowest BCUT2D eigenvalue weighted by molar-refractivity contribution is 0.297. The van der Waals surface area contributed by atoms with Crippen molar-refractivity contribution < 1.29 is 0 Å². The third-order valence-electron chi connectivity index (χ3n) is 5.69. The second kappa shape index (κ2) is 4.84. The van der Waals surface area contributed by atoms with Crippen molar-refractivity contribution >= 4 is 22.0 Å². The number of anilines is 1. The summed E-state index contributed by atoms with van der Waals surface area (Å²) in [6.45, 7) is 3.25. The van der Waals surface area contributed by atoms with Gasteiger partial charge in [-0.1, -0.05) is 48.8 Å². The zero-order valence-corrected chi connectivity index (χ0v) is 14.3. The van der Waals surface area contributed by atoms with E-state index in [1.165, 1.54) is 49.0 Å². The molecule has 5 rings (SSSR count). The van der Waals surface area contributed by atoms with Crippen LogP contribution in [0.3, 0.4) is 0 Å². The Labute approximate surface area is 140 Å². The van der Waals surface area contributed by atoms with Gasteiger partial charge >= 0.3 is 0 Å². The van der Waals surface area contributed by atoms with E-state index in [9.17, 15) is 0 Å². The van der Waals surface area contributed by atoms with E-state index in [4.69, 9.17) is 0 Å². The quantitative estimate of drug-likeness (QED) is 0.636. The summed E-state index contributed by atoms with van der Waals surface area (Å²) in [7, 11) is 0. The van der Waals surface area contributed by atoms with E-state index < -0.39 is 0 Å². The highest BCUT2D eigenvalue weighted by Crippen LogP contribution is 2.53. The molecule has 0 amide bonds. The zero-order chi connectivity index (χ0) is 15.4. The highest BCUT2D eigenvalue weighted by molar-refractivity contribution is 7.17. The molecule has 1 aliphatic carbocycles. The van der Waals surface area contributed by atoms with Crippen LogP contribution in [0.25, 0.3) is 4.96 Å². The first-order chi connectivity index (χ1) is 11.3. The maximum atomic E-state index is 4.54. The van der Waals surface area contributed by atoms with Gasteiger partial charge < -0.3 is 4.90 Å². The Morgan fingerprint density at radius 3 is 2.78 bits per heavy atom. The summed E-state index contributed by atoms with van der Waals surface area (Å²) in [6.07, 6.45) is 10.7. The smallest absolute Gasteiger partial charge is 0.194 e. The van der Waals surface area contributed by atoms with Gasteiger partial charge in [0, 0.05) is 18.1 Å². The molecule has 4 heteroatoms. The third kappa shape index (κ3) is 1.78. The lowest BCUT2D eigenvalue weighted by atomic mass is 9.80. The molecule has 0 N–H and O–H groups in total. The summed E-state index contributed by atoms with van der Waals surface area (Å²) in [5.74, 6) is 0. The number of thiazole rings is 1. The molecule has 1 spiro atoms. The molecule has 3 aromatic rings. The highest BCUT2D eigenvalue weighted by Gasteiger charge is 2.48. The molecule has 23 heavy (non-hydrogen) atoms. The summed E-state index contributed by atoms with van der Waals surface area (Å²) in [5, 5.41) is 0. The fraction of sp³-hybridized carbons (Fsp3) is 0.421. The monoisotopic (exact) mass is 323 g/mol. The predicted molar refractivity (Wildman–Crippen MR) is 95.2 cm³/mol. The first-order valence-electron chi connectivity index (χ1n) is 8.58. The van der Waals surface area contributed by atoms with E-state index in [0.717, 1.165) is 11.5 Å². The predicted octanol–water partition coefficient (Wildman–Crippen LogP) is 4.88. The first-order valence-corrected chi connectivity index (χ1v) is 9.40. The Morgan fingerprint density at radius 2 is 1.96 bits per heavy atom. The lowest BCUT2D eigenvalue weighted by Crippen LogP contribution is -2.42. The molecule has 1 fully saturated rings. The van der Waals surface area contributed by atoms with Crippen molar-refractivity contribution in [3.63, 3.8) is 0 Å². The minimum atomic E-state index is 0.199. The van der Waals surface area contributed by atoms with Crippen molar-refractivity contribution in [2.45, 2.75) is 51.1 Å². The standard InChI is InChI=1S/C19H21N3S/c1-14-7-3-4-8-15(14)22-13-16-17(19(22)9-5-2-6-10-19)23-18-20-11-12-21(16)18/h3-4,7-8,11-12H,2,5-6,9-10,13H2,1H3. The average Bonchev–Trinajstić information content (AvgIpc) is 3.22. The van der Waals surface area contributed by atoms with Gasteiger partial charge in [-0.2, -0.15) is 0 Å². The topological polar surface area (TPSA) is 20.5 Å². The van der Waals surface area contributed by atoms with Crippen LogP contribution in [0.15, 0.2) is 36.7 Å². The maximum Gasteiger partial charge on any atom is 0.194 e. The molecule has 3 heterocycles. The van der Waals surface area contributed by atoms with Crippen molar-refractivity contribution in [1.29, 1.82) is 0 Å². The molecule has 1 aliphatic heterocycles. The maximum absolute atomic E-state index is 4.54. The summed E-state index contributed by atoms with van der Waals surface area (Å²) < 4.78 is 2.31. The summed E-state index contributed by atoms with van der Waals surface area (Å²) in [5.41, 5.74) is 4.46. The molecular weight excluding hydrogens is 302 g/mol. The van der Waals surface area contributed by atoms with Crippen molar-refractivity contribution in [3.05, 3.63) is 52.8 Å². The Balaban J connectivity index is 1.72. The molecule has 0 atom stereocenters. The van der Waals surface area contributed by atoms with Gasteiger partial charge in [0.15, 0.2) is 4.96 Å². The van der Waals surface area contributed by atoms with Crippen LogP contribution >= 0.6 is 11.3 Å². The Morgan fingerprint density at radius 1 is 1.13 bits per heavy atom. The Hall–Kier alpha value is -1.81. The van der Waals surface area contributed by atoms with E-state index in [1.54, 1.807) is 4.88 Å². The fourth-order valence-electron chi connectivity index (χ4n) is 4.58. The number of para-hydroxylation sites is 1. The Bertz CT molecular complexity index is 870. The molecule has 3 nitrogen and oxygen atoms in total. The SMILES string of the molecule is Cc1ccccc1N1Cc2c(sc3nccn23)C12CCCCC2. The molecule has 2 aromatic heterocycles. The largest absolute Gasteiger partial charge is 0.355 e. The molecule has 0 radical (unpaired) electrons. The van der Waals surface area contributed by atoms with Crippen LogP contribution in [0.5, 0.6) is 0 Å². The minimum absolute atomic E-state index is 0.199. The van der Waals surface area contributed by atoms with Crippen LogP contribution < -0.4 is 4.90 Å². The van der Waals surface area contributed by atoms with Crippen molar-refractivity contribution in [2.24, 2.45) is 0 Å². The highest BCUT2D eigenvalue weighted by atomic mass is 32.1. The summed E-state index contributed by atoms with van der Waals surface area (Å²) in [6, 6.07) is 8.86. The number of aryl methyl sites for hydroxylation is 1. The third-order valence-corrected chi connectivity index (χ3v) is 6.99. The lowest BCUT2D eigenvalue weighted by Gasteiger charge is -2.43. The van der Waals surface area contributed by atoms with Crippen molar-refractivity contribution in [3.8, 4) is 0 Å². The Kier molecular flexibility index (Phi) is 2.87. The summed E-state index contributed by atoms with van der Waals surface area (Å²) >= 11 is 1.91. The number of benzene rings is 1. The number of fused-ring (bicyclic) bond motifs is 4. The zero-order valence-electron chi connectivity index (χ0n) is 13.5. The van der Waals surface area contributed by atoms with Crippen molar-refractivity contribution in [2.75, 3.05) is 4.90 Å². The van der Waals surface area contributed by atoms with E-state index in [2.05, 4.69) is 51.7 Å². The molecule has 0 unspecified atom stereocenters. The minimum Gasteiger partial charge on any atom is -0.355 e. The molecule has 0 bridgehead atoms. The van der Waals surface area contributed by atoms with Gasteiger partial charge in [0.25, 0.3) is 0 Å². The van der Waals surface area contributed by atoms with Gasteiger partial charge in [-0.05, 0) is 31.4 Å². The van der Waals surface area contributed by atoms with E-state index in [1.807, 2.05) is 17.5 Å². The molecule has 1 saturated carbocycles. The number of rotatable bonds is 1. The van der Waals surface area contributed by atoms with Crippen LogP contribution in [0.2, 0.25) is 0 Å². The van der Waals surface area contributed by atoms with E-state index in [-0.39, 0.29) is 5.54 Å². The van der Waals surface area contributed by atoms with E-state index >= 15 is 0 Å². The van der Waals surface area contributed by atoms with Gasteiger partial charge in [-0.15, -0.1) is 0 Å². The second-order valence-electron chi connectivity index (χ2n) is 6.92. The van der Waals surface area contributed by atoms with Crippen LogP contribution in [-0.4, -0.2) is 9.38 Å². The van der Waals surface area contributed by atoms with Gasteiger partial charge in [-0.25, -0.2) is 4.98 Å². The van der Waals surface area contributed by atoms with Crippen LogP contribution in [0, 0.1) is 6.92 Å². The van der Waals surface area contributed by atoms with Gasteiger partial charge in [0.2, 0.25) is 0 Å². The number of nitrogens with zero attached hydrogens (tertiary/aromatic N) is 3. The molecule has 2 aliphatic rings. The van der Waals surface area contributed by atoms with Crippen LogP contribution in [0.1, 0.15) is 48.2 Å². The van der Waals surface area contributed by atoms with Crippen LogP contribution in [-0.2, 0) is 12.1 Å².